The molecule has 142 valence electrons. The van der Waals surface area contributed by atoms with Crippen LogP contribution in [0.1, 0.15) is 21.5 Å². The van der Waals surface area contributed by atoms with E-state index in [1.54, 1.807) is 24.3 Å². The van der Waals surface area contributed by atoms with Crippen molar-refractivity contribution >= 4 is 17.5 Å². The number of primary amides is 1. The molecule has 0 bridgehead atoms. The zero-order valence-electron chi connectivity index (χ0n) is 15.6. The fourth-order valence-corrected chi connectivity index (χ4v) is 3.37. The Morgan fingerprint density at radius 1 is 1.00 bits per heavy atom. The van der Waals surface area contributed by atoms with E-state index in [1.165, 1.54) is 11.1 Å². The van der Waals surface area contributed by atoms with E-state index in [9.17, 15) is 9.59 Å². The van der Waals surface area contributed by atoms with E-state index in [1.807, 2.05) is 0 Å². The third kappa shape index (κ3) is 5.39. The zero-order valence-corrected chi connectivity index (χ0v) is 15.6. The number of hydrogen-bond donors (Lipinski definition) is 2. The van der Waals surface area contributed by atoms with Gasteiger partial charge < -0.3 is 11.1 Å². The second-order valence-electron chi connectivity index (χ2n) is 7.00. The minimum Gasteiger partial charge on any atom is -0.366 e. The summed E-state index contributed by atoms with van der Waals surface area (Å²) in [6.07, 6.45) is 0. The lowest BCUT2D eigenvalue weighted by atomic mass is 10.1. The first-order chi connectivity index (χ1) is 13.0. The van der Waals surface area contributed by atoms with E-state index < -0.39 is 5.91 Å². The molecule has 1 aliphatic heterocycles. The van der Waals surface area contributed by atoms with Crippen LogP contribution in [0.15, 0.2) is 48.5 Å². The number of amides is 2. The van der Waals surface area contributed by atoms with E-state index in [0.717, 1.165) is 32.7 Å². The molecule has 3 rings (SSSR count). The molecular formula is C21H26N4O2. The van der Waals surface area contributed by atoms with Crippen LogP contribution < -0.4 is 11.1 Å². The highest BCUT2D eigenvalue weighted by Gasteiger charge is 2.20. The van der Waals surface area contributed by atoms with Crippen molar-refractivity contribution in [3.05, 3.63) is 65.2 Å². The van der Waals surface area contributed by atoms with Crippen LogP contribution in [0.25, 0.3) is 0 Å². The second kappa shape index (κ2) is 8.79. The Morgan fingerprint density at radius 2 is 1.70 bits per heavy atom. The molecule has 1 saturated heterocycles. The van der Waals surface area contributed by atoms with Crippen molar-refractivity contribution in [2.75, 3.05) is 38.0 Å². The summed E-state index contributed by atoms with van der Waals surface area (Å²) in [5, 5.41) is 2.80. The van der Waals surface area contributed by atoms with Crippen LogP contribution in [0.4, 0.5) is 5.69 Å². The molecule has 3 N–H and O–H groups in total. The normalized spacial score (nSPS) is 15.4. The molecule has 0 aliphatic carbocycles. The summed E-state index contributed by atoms with van der Waals surface area (Å²) in [5.74, 6) is -0.675. The Morgan fingerprint density at radius 3 is 2.41 bits per heavy atom. The van der Waals surface area contributed by atoms with E-state index in [4.69, 9.17) is 5.73 Å². The van der Waals surface area contributed by atoms with Crippen LogP contribution >= 0.6 is 0 Å². The zero-order chi connectivity index (χ0) is 19.2. The third-order valence-electron chi connectivity index (χ3n) is 4.79. The molecule has 1 aliphatic rings. The molecule has 1 heterocycles. The topological polar surface area (TPSA) is 78.7 Å². The minimum atomic E-state index is -0.546. The van der Waals surface area contributed by atoms with E-state index in [-0.39, 0.29) is 5.91 Å². The molecule has 0 atom stereocenters. The van der Waals surface area contributed by atoms with Gasteiger partial charge in [0.2, 0.25) is 5.91 Å². The van der Waals surface area contributed by atoms with Crippen LogP contribution in [0.2, 0.25) is 0 Å². The summed E-state index contributed by atoms with van der Waals surface area (Å²) in [6.45, 7) is 6.90. The average Bonchev–Trinajstić information content (AvgIpc) is 2.63. The summed E-state index contributed by atoms with van der Waals surface area (Å²) in [4.78, 5) is 28.3. The quantitative estimate of drug-likeness (QED) is 0.818. The van der Waals surface area contributed by atoms with E-state index in [2.05, 4.69) is 46.3 Å². The van der Waals surface area contributed by atoms with Gasteiger partial charge in [-0.15, -0.1) is 0 Å². The van der Waals surface area contributed by atoms with Gasteiger partial charge in [0.15, 0.2) is 0 Å². The number of rotatable bonds is 6. The van der Waals surface area contributed by atoms with Crippen molar-refractivity contribution in [1.29, 1.82) is 0 Å². The van der Waals surface area contributed by atoms with Crippen molar-refractivity contribution in [1.82, 2.24) is 9.80 Å². The average molecular weight is 366 g/mol. The largest absolute Gasteiger partial charge is 0.366 e. The first kappa shape index (κ1) is 19.1. The maximum absolute atomic E-state index is 12.3. The molecule has 0 aromatic heterocycles. The smallest absolute Gasteiger partial charge is 0.250 e. The highest BCUT2D eigenvalue weighted by atomic mass is 16.2. The fraction of sp³-hybridized carbons (Fsp3) is 0.333. The van der Waals surface area contributed by atoms with Gasteiger partial charge in [0, 0.05) is 32.7 Å². The number of aryl methyl sites for hydroxylation is 1. The van der Waals surface area contributed by atoms with Crippen molar-refractivity contribution in [3.8, 4) is 0 Å². The third-order valence-corrected chi connectivity index (χ3v) is 4.79. The highest BCUT2D eigenvalue weighted by molar-refractivity contribution is 6.03. The van der Waals surface area contributed by atoms with Crippen molar-refractivity contribution in [3.63, 3.8) is 0 Å². The van der Waals surface area contributed by atoms with Gasteiger partial charge in [-0.05, 0) is 24.6 Å². The van der Waals surface area contributed by atoms with Crippen molar-refractivity contribution in [2.45, 2.75) is 13.5 Å². The first-order valence-electron chi connectivity index (χ1n) is 9.20. The SMILES string of the molecule is Cc1cccc(CN2CCN(CC(=O)Nc3ccccc3C(N)=O)CC2)c1. The van der Waals surface area contributed by atoms with Crippen LogP contribution in [-0.2, 0) is 11.3 Å². The summed E-state index contributed by atoms with van der Waals surface area (Å²) in [7, 11) is 0. The molecule has 2 aromatic rings. The van der Waals surface area contributed by atoms with Gasteiger partial charge in [-0.25, -0.2) is 0 Å². The monoisotopic (exact) mass is 366 g/mol. The molecule has 1 fully saturated rings. The molecule has 2 amide bonds. The molecule has 0 saturated carbocycles. The molecule has 6 heteroatoms. The number of anilines is 1. The number of para-hydroxylation sites is 1. The molecular weight excluding hydrogens is 340 g/mol. The number of nitrogens with zero attached hydrogens (tertiary/aromatic N) is 2. The Bertz CT molecular complexity index is 813. The maximum Gasteiger partial charge on any atom is 0.250 e. The Hall–Kier alpha value is -2.70. The van der Waals surface area contributed by atoms with Gasteiger partial charge in [0.25, 0.3) is 5.91 Å². The molecule has 6 nitrogen and oxygen atoms in total. The highest BCUT2D eigenvalue weighted by Crippen LogP contribution is 2.15. The van der Waals surface area contributed by atoms with E-state index in [0.29, 0.717) is 17.8 Å². The predicted molar refractivity (Wildman–Crippen MR) is 106 cm³/mol. The number of carbonyl (C=O) groups excluding carboxylic acids is 2. The first-order valence-corrected chi connectivity index (χ1v) is 9.20. The lowest BCUT2D eigenvalue weighted by Crippen LogP contribution is -2.48. The number of hydrogen-bond acceptors (Lipinski definition) is 4. The van der Waals surface area contributed by atoms with Gasteiger partial charge in [0.1, 0.15) is 0 Å². The number of nitrogens with one attached hydrogen (secondary N) is 1. The van der Waals surface area contributed by atoms with Crippen LogP contribution in [-0.4, -0.2) is 54.3 Å². The Balaban J connectivity index is 1.48. The van der Waals surface area contributed by atoms with E-state index >= 15 is 0 Å². The van der Waals surface area contributed by atoms with Gasteiger partial charge in [-0.2, -0.15) is 0 Å². The number of benzene rings is 2. The molecule has 0 unspecified atom stereocenters. The number of piperazine rings is 1. The number of nitrogens with two attached hydrogens (primary N) is 1. The fourth-order valence-electron chi connectivity index (χ4n) is 3.37. The van der Waals surface area contributed by atoms with Gasteiger partial charge in [-0.3, -0.25) is 19.4 Å². The summed E-state index contributed by atoms with van der Waals surface area (Å²) >= 11 is 0. The summed E-state index contributed by atoms with van der Waals surface area (Å²) in [6, 6.07) is 15.4. The molecule has 27 heavy (non-hydrogen) atoms. The van der Waals surface area contributed by atoms with Crippen molar-refractivity contribution < 1.29 is 9.59 Å². The molecule has 0 spiro atoms. The lowest BCUT2D eigenvalue weighted by molar-refractivity contribution is -0.117. The Labute approximate surface area is 159 Å². The van der Waals surface area contributed by atoms with Gasteiger partial charge in [-0.1, -0.05) is 42.0 Å². The van der Waals surface area contributed by atoms with Crippen LogP contribution in [0.5, 0.6) is 0 Å². The standard InChI is InChI=1S/C21H26N4O2/c1-16-5-4-6-17(13-16)14-24-9-11-25(12-10-24)15-20(26)23-19-8-3-2-7-18(19)21(22)27/h2-8,13H,9-12,14-15H2,1H3,(H2,22,27)(H,23,26). The lowest BCUT2D eigenvalue weighted by Gasteiger charge is -2.34. The number of carbonyl (C=O) groups is 2. The minimum absolute atomic E-state index is 0.129. The summed E-state index contributed by atoms with van der Waals surface area (Å²) in [5.41, 5.74) is 8.75. The van der Waals surface area contributed by atoms with Crippen LogP contribution in [0.3, 0.4) is 0 Å². The summed E-state index contributed by atoms with van der Waals surface area (Å²) < 4.78 is 0. The Kier molecular flexibility index (Phi) is 6.21. The predicted octanol–water partition coefficient (Wildman–Crippen LogP) is 1.85. The van der Waals surface area contributed by atoms with Gasteiger partial charge in [0.05, 0.1) is 17.8 Å². The molecule has 0 radical (unpaired) electrons. The molecule has 2 aromatic carbocycles. The van der Waals surface area contributed by atoms with Crippen LogP contribution in [0, 0.1) is 6.92 Å². The van der Waals surface area contributed by atoms with Crippen molar-refractivity contribution in [2.24, 2.45) is 5.73 Å². The second-order valence-corrected chi connectivity index (χ2v) is 7.00. The van der Waals surface area contributed by atoms with Gasteiger partial charge >= 0.3 is 0 Å². The maximum atomic E-state index is 12.3.